The van der Waals surface area contributed by atoms with Crippen molar-refractivity contribution in [1.29, 1.82) is 0 Å². The molecule has 0 aromatic carbocycles. The third kappa shape index (κ3) is 2.11. The van der Waals surface area contributed by atoms with Gasteiger partial charge in [0.1, 0.15) is 4.75 Å². The van der Waals surface area contributed by atoms with Gasteiger partial charge >= 0.3 is 0 Å². The van der Waals surface area contributed by atoms with Crippen molar-refractivity contribution in [3.63, 3.8) is 0 Å². The van der Waals surface area contributed by atoms with Gasteiger partial charge in [-0.2, -0.15) is 4.99 Å². The monoisotopic (exact) mass is 282 g/mol. The van der Waals surface area contributed by atoms with Crippen LogP contribution in [0.3, 0.4) is 0 Å². The lowest BCUT2D eigenvalue weighted by Crippen LogP contribution is -2.40. The minimum atomic E-state index is -0.417. The molecule has 2 saturated carbocycles. The summed E-state index contributed by atoms with van der Waals surface area (Å²) in [7, 11) is 0. The Balaban J connectivity index is 1.64. The number of amidine groups is 1. The third-order valence-electron chi connectivity index (χ3n) is 5.17. The topological polar surface area (TPSA) is 61.7 Å². The van der Waals surface area contributed by atoms with Crippen molar-refractivity contribution in [2.75, 3.05) is 0 Å². The summed E-state index contributed by atoms with van der Waals surface area (Å²) >= 11 is 1.57. The number of amides is 1. The molecule has 3 aliphatic rings. The fourth-order valence-corrected chi connectivity index (χ4v) is 4.59. The second-order valence-electron chi connectivity index (χ2n) is 6.63. The van der Waals surface area contributed by atoms with E-state index in [1.54, 1.807) is 11.8 Å². The molecule has 1 amide bonds. The maximum Gasteiger partial charge on any atom is 0.264 e. The Morgan fingerprint density at radius 1 is 1.37 bits per heavy atom. The predicted molar refractivity (Wildman–Crippen MR) is 77.0 cm³/mol. The van der Waals surface area contributed by atoms with Gasteiger partial charge in [0.15, 0.2) is 5.17 Å². The molecule has 0 radical (unpaired) electrons. The second-order valence-corrected chi connectivity index (χ2v) is 8.07. The average Bonchev–Trinajstić information content (AvgIpc) is 2.94. The molecule has 0 aromatic rings. The van der Waals surface area contributed by atoms with E-state index in [0.29, 0.717) is 17.9 Å². The van der Waals surface area contributed by atoms with E-state index in [2.05, 4.69) is 24.2 Å². The van der Waals surface area contributed by atoms with Gasteiger partial charge in [-0.1, -0.05) is 25.6 Å². The molecule has 2 N–H and O–H groups in total. The van der Waals surface area contributed by atoms with E-state index in [0.717, 1.165) is 24.4 Å². The van der Waals surface area contributed by atoms with E-state index in [9.17, 15) is 9.90 Å². The van der Waals surface area contributed by atoms with Gasteiger partial charge in [-0.25, -0.2) is 0 Å². The van der Waals surface area contributed by atoms with Crippen LogP contribution in [-0.2, 0) is 4.79 Å². The molecule has 1 heterocycles. The fraction of sp³-hybridized carbons (Fsp3) is 0.857. The van der Waals surface area contributed by atoms with Crippen molar-refractivity contribution < 1.29 is 9.90 Å². The average molecular weight is 282 g/mol. The molecule has 1 aliphatic heterocycles. The van der Waals surface area contributed by atoms with Crippen molar-refractivity contribution in [2.24, 2.45) is 22.7 Å². The van der Waals surface area contributed by atoms with Gasteiger partial charge in [-0.05, 0) is 43.9 Å². The van der Waals surface area contributed by atoms with Crippen molar-refractivity contribution >= 4 is 22.8 Å². The number of rotatable bonds is 2. The number of carbonyl (C=O) groups excluding carboxylic acids is 1. The fourth-order valence-electron chi connectivity index (χ4n) is 3.48. The molecular weight excluding hydrogens is 260 g/mol. The standard InChI is InChI=1S/C14H22N2O2S/c1-7(2)14(3)12(18)16-13(19-14)15-10-5-9-4-8(10)6-11(9)17/h7-11,17H,4-6H2,1-3H3,(H,15,16,18)/t8-,9+,10-,11?,14-/m0/s1. The number of aliphatic imine (C=N–C) groups is 1. The van der Waals surface area contributed by atoms with Crippen molar-refractivity contribution in [3.8, 4) is 0 Å². The van der Waals surface area contributed by atoms with E-state index < -0.39 is 4.75 Å². The molecule has 3 rings (SSSR count). The van der Waals surface area contributed by atoms with Crippen LogP contribution < -0.4 is 5.32 Å². The van der Waals surface area contributed by atoms with Gasteiger partial charge in [0.2, 0.25) is 0 Å². The highest BCUT2D eigenvalue weighted by Crippen LogP contribution is 2.46. The summed E-state index contributed by atoms with van der Waals surface area (Å²) < 4.78 is -0.417. The molecule has 19 heavy (non-hydrogen) atoms. The summed E-state index contributed by atoms with van der Waals surface area (Å²) in [6.07, 6.45) is 2.92. The number of aliphatic hydroxyl groups excluding tert-OH is 1. The molecule has 4 nitrogen and oxygen atoms in total. The number of fused-ring (bicyclic) bond motifs is 2. The normalized spacial score (nSPS) is 45.1. The van der Waals surface area contributed by atoms with E-state index in [1.807, 2.05) is 6.92 Å². The van der Waals surface area contributed by atoms with Gasteiger partial charge in [-0.15, -0.1) is 0 Å². The minimum absolute atomic E-state index is 0.0156. The second kappa shape index (κ2) is 4.48. The van der Waals surface area contributed by atoms with Crippen LogP contribution in [0.25, 0.3) is 0 Å². The van der Waals surface area contributed by atoms with Gasteiger partial charge in [0, 0.05) is 6.04 Å². The molecule has 0 saturated heterocycles. The van der Waals surface area contributed by atoms with Gasteiger partial charge in [0.25, 0.3) is 5.91 Å². The number of nitrogens with zero attached hydrogens (tertiary/aromatic N) is 1. The number of aliphatic hydroxyl groups is 1. The summed E-state index contributed by atoms with van der Waals surface area (Å²) in [5.41, 5.74) is 0. The first-order chi connectivity index (χ1) is 8.90. The van der Waals surface area contributed by atoms with Crippen LogP contribution in [0.1, 0.15) is 40.0 Å². The van der Waals surface area contributed by atoms with Crippen LogP contribution >= 0.6 is 11.8 Å². The number of hydrogen-bond acceptors (Lipinski definition) is 4. The highest BCUT2D eigenvalue weighted by Gasteiger charge is 2.48. The molecule has 5 atom stereocenters. The first-order valence-electron chi connectivity index (χ1n) is 7.17. The van der Waals surface area contributed by atoms with Gasteiger partial charge < -0.3 is 10.4 Å². The largest absolute Gasteiger partial charge is 0.393 e. The molecule has 0 aromatic heterocycles. The van der Waals surface area contributed by atoms with E-state index in [-0.39, 0.29) is 17.9 Å². The van der Waals surface area contributed by atoms with E-state index in [4.69, 9.17) is 0 Å². The number of thioether (sulfide) groups is 1. The highest BCUT2D eigenvalue weighted by molar-refractivity contribution is 8.16. The third-order valence-corrected chi connectivity index (χ3v) is 6.64. The van der Waals surface area contributed by atoms with Gasteiger partial charge in [0.05, 0.1) is 6.10 Å². The summed E-state index contributed by atoms with van der Waals surface area (Å²) in [6, 6.07) is 0.391. The van der Waals surface area contributed by atoms with Crippen LogP contribution in [0.15, 0.2) is 4.99 Å². The lowest BCUT2D eigenvalue weighted by molar-refractivity contribution is -0.120. The Morgan fingerprint density at radius 2 is 2.11 bits per heavy atom. The van der Waals surface area contributed by atoms with Crippen LogP contribution in [0.5, 0.6) is 0 Å². The molecule has 5 heteroatoms. The molecule has 0 spiro atoms. The summed E-state index contributed by atoms with van der Waals surface area (Å²) in [5, 5.41) is 14.0. The molecule has 106 valence electrons. The first-order valence-corrected chi connectivity index (χ1v) is 7.98. The zero-order valence-electron chi connectivity index (χ0n) is 11.7. The summed E-state index contributed by atoms with van der Waals surface area (Å²) in [5.74, 6) is 1.25. The van der Waals surface area contributed by atoms with E-state index >= 15 is 0 Å². The van der Waals surface area contributed by atoms with Crippen LogP contribution in [0.2, 0.25) is 0 Å². The highest BCUT2D eigenvalue weighted by atomic mass is 32.2. The summed E-state index contributed by atoms with van der Waals surface area (Å²) in [4.78, 5) is 16.2. The maximum atomic E-state index is 12.0. The Morgan fingerprint density at radius 3 is 2.58 bits per heavy atom. The molecule has 2 bridgehead atoms. The van der Waals surface area contributed by atoms with E-state index in [1.165, 1.54) is 0 Å². The zero-order valence-corrected chi connectivity index (χ0v) is 12.5. The Bertz CT molecular complexity index is 435. The Hall–Kier alpha value is -0.550. The maximum absolute atomic E-state index is 12.0. The molecule has 2 aliphatic carbocycles. The zero-order chi connectivity index (χ0) is 13.8. The number of nitrogens with one attached hydrogen (secondary N) is 1. The van der Waals surface area contributed by atoms with Crippen LogP contribution in [0, 0.1) is 17.8 Å². The summed E-state index contributed by atoms with van der Waals surface area (Å²) in [6.45, 7) is 6.11. The Kier molecular flexibility index (Phi) is 3.17. The molecular formula is C14H22N2O2S. The van der Waals surface area contributed by atoms with Crippen molar-refractivity contribution in [3.05, 3.63) is 0 Å². The minimum Gasteiger partial charge on any atom is -0.393 e. The van der Waals surface area contributed by atoms with Crippen LogP contribution in [-0.4, -0.2) is 33.1 Å². The predicted octanol–water partition coefficient (Wildman–Crippen LogP) is 1.78. The number of hydrogen-bond donors (Lipinski definition) is 2. The van der Waals surface area contributed by atoms with Crippen molar-refractivity contribution in [1.82, 2.24) is 5.32 Å². The number of carbonyl (C=O) groups is 1. The quantitative estimate of drug-likeness (QED) is 0.810. The smallest absolute Gasteiger partial charge is 0.264 e. The Labute approximate surface area is 118 Å². The lowest BCUT2D eigenvalue weighted by Gasteiger charge is -2.28. The van der Waals surface area contributed by atoms with Crippen molar-refractivity contribution in [2.45, 2.75) is 56.9 Å². The van der Waals surface area contributed by atoms with Gasteiger partial charge in [-0.3, -0.25) is 4.79 Å². The molecule has 2 fully saturated rings. The van der Waals surface area contributed by atoms with Crippen LogP contribution in [0.4, 0.5) is 0 Å². The lowest BCUT2D eigenvalue weighted by atomic mass is 9.93. The SMILES string of the molecule is CC(C)[C@]1(C)SC(N[C@H]2C[C@H]3C[C@H]2CC3O)=NC1=O. The first kappa shape index (κ1) is 13.4. The molecule has 1 unspecified atom stereocenters.